The zero-order valence-corrected chi connectivity index (χ0v) is 32.3. The molecule has 2 aromatic rings. The molecule has 1 aromatic carbocycles. The van der Waals surface area contributed by atoms with Gasteiger partial charge in [-0.2, -0.15) is 9.83 Å². The summed E-state index contributed by atoms with van der Waals surface area (Å²) in [6.45, 7) is 9.59. The number of hydrogen-bond acceptors (Lipinski definition) is 10. The Morgan fingerprint density at radius 2 is 1.98 bits per heavy atom. The second kappa shape index (κ2) is 13.5. The fraction of sp³-hybridized carbons (Fsp3) is 0.550. The van der Waals surface area contributed by atoms with Crippen molar-refractivity contribution in [2.45, 2.75) is 108 Å². The highest BCUT2D eigenvalue weighted by molar-refractivity contribution is 7.46. The Hall–Kier alpha value is -3.64. The number of fused-ring (bicyclic) bond motifs is 7. The molecule has 1 unspecified atom stereocenters. The van der Waals surface area contributed by atoms with Crippen LogP contribution in [0.3, 0.4) is 0 Å². The molecule has 5 aliphatic rings. The topological polar surface area (TPSA) is 200 Å². The number of pyridine rings is 1. The Morgan fingerprint density at radius 3 is 2.67 bits per heavy atom. The first-order chi connectivity index (χ1) is 25.7. The van der Waals surface area contributed by atoms with Gasteiger partial charge in [0.05, 0.1) is 36.4 Å². The number of allylic oxidation sites excluding steroid dienone is 4. The second-order valence-corrected chi connectivity index (χ2v) is 18.2. The molecule has 4 fully saturated rings. The van der Waals surface area contributed by atoms with Crippen molar-refractivity contribution < 1.29 is 57.1 Å². The highest BCUT2D eigenvalue weighted by Crippen LogP contribution is 2.72. The third-order valence-corrected chi connectivity index (χ3v) is 13.3. The van der Waals surface area contributed by atoms with E-state index in [2.05, 4.69) is 5.32 Å². The van der Waals surface area contributed by atoms with Gasteiger partial charge < -0.3 is 29.5 Å². The lowest BCUT2D eigenvalue weighted by atomic mass is 9.44. The number of alkyl halides is 1. The number of aliphatic hydroxyl groups is 2. The van der Waals surface area contributed by atoms with Gasteiger partial charge in [0, 0.05) is 41.0 Å². The van der Waals surface area contributed by atoms with Gasteiger partial charge in [-0.1, -0.05) is 24.6 Å². The van der Waals surface area contributed by atoms with Crippen LogP contribution >= 0.6 is 7.82 Å². The summed E-state index contributed by atoms with van der Waals surface area (Å²) in [6, 6.07) is 9.71. The van der Waals surface area contributed by atoms with E-state index in [0.717, 1.165) is 0 Å². The number of aliphatic hydroxyl groups excluding tert-OH is 2. The smallest absolute Gasteiger partial charge is 0.397 e. The van der Waals surface area contributed by atoms with Gasteiger partial charge >= 0.3 is 7.82 Å². The standard InChI is InChI=1S/C40H47FN3O10P/c1-36(2,3)43-21-30(46)23-8-11-31(54-55(49,50)51)29(17-23)44-16-6-7-24(22-44)35-52-34-19-28-27-10-9-25-18-26(45)12-14-37(25,4)39(27,41)33(48)20-38(28,5)40(34,53-35)32(47)13-15-42/h6-8,11-12,14,16-18,22,27-28,30,33-35,43,46,48H,9-10,13,19-21H2,1-5H3,(H-,49,50,51)/p+1/t27-,28-,30?,33-,34+,35+,37-,38-,39-,40+/m0/s1. The number of phosphoric acid groups is 1. The number of ether oxygens (including phenoxy) is 2. The summed E-state index contributed by atoms with van der Waals surface area (Å²) in [5, 5.41) is 35.9. The summed E-state index contributed by atoms with van der Waals surface area (Å²) in [4.78, 5) is 45.9. The van der Waals surface area contributed by atoms with Crippen LogP contribution in [0.25, 0.3) is 5.69 Å². The average Bonchev–Trinajstić information content (AvgIpc) is 3.61. The Balaban J connectivity index is 1.24. The number of β-amino-alcohol motifs (C(OH)–C–C–N with tert-alkyl or cyclic N) is 1. The number of ketones is 2. The number of Topliss-reactive ketones (excluding diaryl/α,β-unsaturated/α-hetero) is 1. The third kappa shape index (κ3) is 6.33. The minimum absolute atomic E-state index is 0.157. The van der Waals surface area contributed by atoms with Gasteiger partial charge in [0.15, 0.2) is 41.5 Å². The van der Waals surface area contributed by atoms with E-state index in [1.54, 1.807) is 43.6 Å². The Morgan fingerprint density at radius 1 is 1.24 bits per heavy atom. The number of halogens is 1. The van der Waals surface area contributed by atoms with Crippen LogP contribution in [0.2, 0.25) is 0 Å². The van der Waals surface area contributed by atoms with Gasteiger partial charge in [-0.25, -0.2) is 8.96 Å². The van der Waals surface area contributed by atoms with Crippen molar-refractivity contribution in [3.05, 3.63) is 77.7 Å². The van der Waals surface area contributed by atoms with Gasteiger partial charge in [-0.3, -0.25) is 19.4 Å². The fourth-order valence-electron chi connectivity index (χ4n) is 10.3. The molecule has 2 heterocycles. The molecule has 10 atom stereocenters. The van der Waals surface area contributed by atoms with Crippen LogP contribution in [-0.2, 0) is 23.6 Å². The highest BCUT2D eigenvalue weighted by atomic mass is 31.2. The normalized spacial score (nSPS) is 35.8. The average molecular weight is 781 g/mol. The summed E-state index contributed by atoms with van der Waals surface area (Å²) in [7, 11) is -5.01. The molecule has 1 aliphatic heterocycles. The van der Waals surface area contributed by atoms with E-state index in [1.807, 2.05) is 33.8 Å². The van der Waals surface area contributed by atoms with Crippen molar-refractivity contribution in [1.82, 2.24) is 5.32 Å². The molecule has 1 aromatic heterocycles. The monoisotopic (exact) mass is 780 g/mol. The summed E-state index contributed by atoms with van der Waals surface area (Å²) >= 11 is 0. The molecule has 0 amide bonds. The molecular formula is C40H48FN3O10P+. The Bertz CT molecular complexity index is 2070. The maximum absolute atomic E-state index is 17.8. The zero-order chi connectivity index (χ0) is 39.9. The van der Waals surface area contributed by atoms with E-state index in [4.69, 9.17) is 14.0 Å². The predicted molar refractivity (Wildman–Crippen MR) is 194 cm³/mol. The number of benzene rings is 1. The number of aromatic nitrogens is 1. The zero-order valence-electron chi connectivity index (χ0n) is 31.4. The third-order valence-electron chi connectivity index (χ3n) is 12.8. The van der Waals surface area contributed by atoms with E-state index >= 15 is 4.39 Å². The van der Waals surface area contributed by atoms with Crippen LogP contribution in [0.5, 0.6) is 5.75 Å². The van der Waals surface area contributed by atoms with E-state index < -0.39 is 78.6 Å². The quantitative estimate of drug-likeness (QED) is 0.177. The first-order valence-electron chi connectivity index (χ1n) is 18.6. The Kier molecular flexibility index (Phi) is 9.71. The molecule has 55 heavy (non-hydrogen) atoms. The number of phosphoric ester groups is 1. The second-order valence-electron chi connectivity index (χ2n) is 17.1. The Labute approximate surface area is 319 Å². The van der Waals surface area contributed by atoms with Gasteiger partial charge in [-0.15, -0.1) is 0 Å². The first kappa shape index (κ1) is 39.6. The molecule has 7 rings (SSSR count). The lowest BCUT2D eigenvalue weighted by molar-refractivity contribution is -0.597. The first-order valence-corrected chi connectivity index (χ1v) is 20.1. The number of nitrogens with one attached hydrogen (secondary N) is 1. The summed E-state index contributed by atoms with van der Waals surface area (Å²) in [5.41, 5.74) is -4.83. The number of hydrogen-bond donors (Lipinski definition) is 5. The van der Waals surface area contributed by atoms with Crippen LogP contribution in [0, 0.1) is 34.0 Å². The number of carbonyl (C=O) groups excluding carboxylic acids is 2. The summed E-state index contributed by atoms with van der Waals surface area (Å²) < 4.78 is 49.7. The van der Waals surface area contributed by atoms with Crippen molar-refractivity contribution >= 4 is 19.4 Å². The number of nitrogens with zero attached hydrogens (tertiary/aromatic N) is 2. The molecule has 13 nitrogen and oxygen atoms in total. The highest BCUT2D eigenvalue weighted by Gasteiger charge is 2.79. The molecule has 4 aliphatic carbocycles. The maximum Gasteiger partial charge on any atom is 0.525 e. The van der Waals surface area contributed by atoms with Crippen LogP contribution in [0.15, 0.2) is 66.5 Å². The van der Waals surface area contributed by atoms with Gasteiger partial charge in [0.1, 0.15) is 0 Å². The van der Waals surface area contributed by atoms with Crippen molar-refractivity contribution in [3.8, 4) is 17.5 Å². The lowest BCUT2D eigenvalue weighted by Crippen LogP contribution is -2.69. The summed E-state index contributed by atoms with van der Waals surface area (Å²) in [6.07, 6.45) is 3.36. The van der Waals surface area contributed by atoms with Gasteiger partial charge in [0.25, 0.3) is 5.69 Å². The molecule has 15 heteroatoms. The molecule has 1 saturated heterocycles. The summed E-state index contributed by atoms with van der Waals surface area (Å²) in [5.74, 6) is -2.10. The van der Waals surface area contributed by atoms with Crippen molar-refractivity contribution in [1.29, 1.82) is 5.26 Å². The number of carbonyl (C=O) groups is 2. The molecule has 0 spiro atoms. The van der Waals surface area contributed by atoms with Gasteiger partial charge in [-0.05, 0) is 89.1 Å². The number of rotatable bonds is 9. The largest absolute Gasteiger partial charge is 0.525 e. The van der Waals surface area contributed by atoms with E-state index in [-0.39, 0.29) is 42.1 Å². The van der Waals surface area contributed by atoms with Crippen molar-refractivity contribution in [3.63, 3.8) is 0 Å². The van der Waals surface area contributed by atoms with Crippen LogP contribution in [0.1, 0.15) is 90.2 Å². The lowest BCUT2D eigenvalue weighted by Gasteiger charge is -2.62. The van der Waals surface area contributed by atoms with Crippen LogP contribution in [0.4, 0.5) is 4.39 Å². The van der Waals surface area contributed by atoms with Crippen molar-refractivity contribution in [2.24, 2.45) is 22.7 Å². The fourth-order valence-corrected chi connectivity index (χ4v) is 10.7. The SMILES string of the molecule is CC(C)(C)NCC(O)c1ccc(OP(=O)(O)O)c(-[n+]2cccc([C@@H]3O[C@@H]4C[C@H]5[C@@H]6CCC7=CC(=O)C=C[C@]7(C)[C@@]6(F)[C@@H](O)C[C@]5(C)[C@]4(C(=O)CC#N)O3)c2)c1. The maximum atomic E-state index is 17.8. The minimum Gasteiger partial charge on any atom is -0.397 e. The number of nitriles is 1. The molecular weight excluding hydrogens is 732 g/mol. The molecule has 5 N–H and O–H groups in total. The van der Waals surface area contributed by atoms with E-state index in [9.17, 15) is 39.4 Å². The van der Waals surface area contributed by atoms with Crippen LogP contribution in [-0.4, -0.2) is 67.1 Å². The predicted octanol–water partition coefficient (Wildman–Crippen LogP) is 4.47. The molecule has 0 bridgehead atoms. The minimum atomic E-state index is -5.01. The van der Waals surface area contributed by atoms with E-state index in [1.165, 1.54) is 28.9 Å². The molecule has 3 saturated carbocycles. The van der Waals surface area contributed by atoms with E-state index in [0.29, 0.717) is 29.5 Å². The van der Waals surface area contributed by atoms with Crippen molar-refractivity contribution in [2.75, 3.05) is 6.54 Å². The van der Waals surface area contributed by atoms with Crippen LogP contribution < -0.4 is 14.4 Å². The molecule has 0 radical (unpaired) electrons. The molecule has 294 valence electrons. The van der Waals surface area contributed by atoms with Gasteiger partial charge in [0.2, 0.25) is 5.75 Å².